The van der Waals surface area contributed by atoms with Gasteiger partial charge in [0.1, 0.15) is 0 Å². The summed E-state index contributed by atoms with van der Waals surface area (Å²) >= 11 is 0. The van der Waals surface area contributed by atoms with Crippen molar-refractivity contribution in [3.63, 3.8) is 0 Å². The van der Waals surface area contributed by atoms with Crippen LogP contribution in [0.5, 0.6) is 11.5 Å². The molecule has 2 aliphatic rings. The molecule has 0 spiro atoms. The summed E-state index contributed by atoms with van der Waals surface area (Å²) in [4.78, 5) is 0. The van der Waals surface area contributed by atoms with E-state index in [2.05, 4.69) is 0 Å². The van der Waals surface area contributed by atoms with Gasteiger partial charge in [-0.1, -0.05) is 25.3 Å². The van der Waals surface area contributed by atoms with Crippen LogP contribution >= 0.6 is 0 Å². The second kappa shape index (κ2) is 6.46. The first-order valence-corrected chi connectivity index (χ1v) is 7.56. The van der Waals surface area contributed by atoms with E-state index in [4.69, 9.17) is 19.9 Å². The van der Waals surface area contributed by atoms with Gasteiger partial charge in [-0.3, -0.25) is 0 Å². The van der Waals surface area contributed by atoms with E-state index in [1.165, 1.54) is 32.1 Å². The summed E-state index contributed by atoms with van der Waals surface area (Å²) in [5.74, 6) is 2.31. The number of rotatable bonds is 5. The minimum atomic E-state index is -0.104. The second-order valence-electron chi connectivity index (χ2n) is 5.76. The third-order valence-corrected chi connectivity index (χ3v) is 4.20. The average Bonchev–Trinajstić information content (AvgIpc) is 2.95. The fraction of sp³-hybridized carbons (Fsp3) is 0.625. The number of hydrogen-bond donors (Lipinski definition) is 1. The Morgan fingerprint density at radius 1 is 1.15 bits per heavy atom. The van der Waals surface area contributed by atoms with Crippen LogP contribution in [0.1, 0.15) is 43.7 Å². The minimum Gasteiger partial charge on any atom is -0.454 e. The molecule has 0 amide bonds. The SMILES string of the molecule is NC(COCC1CCCCC1)c1ccc2c(c1)OCO2. The number of nitrogens with two attached hydrogens (primary N) is 1. The lowest BCUT2D eigenvalue weighted by molar-refractivity contribution is 0.0759. The van der Waals surface area contributed by atoms with Crippen LogP contribution in [0.25, 0.3) is 0 Å². The highest BCUT2D eigenvalue weighted by atomic mass is 16.7. The first-order chi connectivity index (χ1) is 9.83. The fourth-order valence-corrected chi connectivity index (χ4v) is 2.96. The van der Waals surface area contributed by atoms with Crippen molar-refractivity contribution in [3.05, 3.63) is 23.8 Å². The normalized spacial score (nSPS) is 20.1. The zero-order chi connectivity index (χ0) is 13.8. The predicted molar refractivity (Wildman–Crippen MR) is 76.9 cm³/mol. The van der Waals surface area contributed by atoms with Crippen molar-refractivity contribution in [1.29, 1.82) is 0 Å². The molecule has 3 rings (SSSR count). The Morgan fingerprint density at radius 3 is 2.80 bits per heavy atom. The molecule has 20 heavy (non-hydrogen) atoms. The van der Waals surface area contributed by atoms with Crippen molar-refractivity contribution in [2.24, 2.45) is 11.7 Å². The van der Waals surface area contributed by atoms with Crippen molar-refractivity contribution in [1.82, 2.24) is 0 Å². The molecule has 1 heterocycles. The van der Waals surface area contributed by atoms with Crippen LogP contribution in [0.4, 0.5) is 0 Å². The van der Waals surface area contributed by atoms with Crippen molar-refractivity contribution in [3.8, 4) is 11.5 Å². The molecule has 1 saturated carbocycles. The van der Waals surface area contributed by atoms with Gasteiger partial charge in [0.2, 0.25) is 6.79 Å². The Bertz CT molecular complexity index is 443. The third-order valence-electron chi connectivity index (χ3n) is 4.20. The quantitative estimate of drug-likeness (QED) is 0.899. The van der Waals surface area contributed by atoms with Crippen LogP contribution in [0.15, 0.2) is 18.2 Å². The second-order valence-corrected chi connectivity index (χ2v) is 5.76. The predicted octanol–water partition coefficient (Wildman–Crippen LogP) is 3.01. The Morgan fingerprint density at radius 2 is 1.95 bits per heavy atom. The zero-order valence-electron chi connectivity index (χ0n) is 11.8. The van der Waals surface area contributed by atoms with E-state index in [0.29, 0.717) is 13.4 Å². The molecule has 4 nitrogen and oxygen atoms in total. The van der Waals surface area contributed by atoms with E-state index >= 15 is 0 Å². The van der Waals surface area contributed by atoms with E-state index in [-0.39, 0.29) is 6.04 Å². The molecule has 0 radical (unpaired) electrons. The van der Waals surface area contributed by atoms with Crippen LogP contribution < -0.4 is 15.2 Å². The van der Waals surface area contributed by atoms with E-state index in [0.717, 1.165) is 29.6 Å². The maximum absolute atomic E-state index is 6.18. The van der Waals surface area contributed by atoms with Gasteiger partial charge in [0.25, 0.3) is 0 Å². The van der Waals surface area contributed by atoms with Crippen molar-refractivity contribution >= 4 is 0 Å². The van der Waals surface area contributed by atoms with Gasteiger partial charge in [-0.25, -0.2) is 0 Å². The largest absolute Gasteiger partial charge is 0.454 e. The molecule has 1 aliphatic carbocycles. The van der Waals surface area contributed by atoms with Gasteiger partial charge in [0.15, 0.2) is 11.5 Å². The number of ether oxygens (including phenoxy) is 3. The van der Waals surface area contributed by atoms with E-state index < -0.39 is 0 Å². The smallest absolute Gasteiger partial charge is 0.231 e. The van der Waals surface area contributed by atoms with Crippen molar-refractivity contribution in [2.75, 3.05) is 20.0 Å². The van der Waals surface area contributed by atoms with Gasteiger partial charge in [0, 0.05) is 6.61 Å². The van der Waals surface area contributed by atoms with Crippen LogP contribution in [0.2, 0.25) is 0 Å². The number of hydrogen-bond acceptors (Lipinski definition) is 4. The van der Waals surface area contributed by atoms with Crippen LogP contribution in [0, 0.1) is 5.92 Å². The average molecular weight is 277 g/mol. The third kappa shape index (κ3) is 3.25. The van der Waals surface area contributed by atoms with Gasteiger partial charge in [0.05, 0.1) is 12.6 Å². The fourth-order valence-electron chi connectivity index (χ4n) is 2.96. The maximum Gasteiger partial charge on any atom is 0.231 e. The monoisotopic (exact) mass is 277 g/mol. The summed E-state index contributed by atoms with van der Waals surface area (Å²) in [6.07, 6.45) is 6.69. The molecule has 1 atom stereocenters. The number of benzene rings is 1. The lowest BCUT2D eigenvalue weighted by atomic mass is 9.90. The molecule has 110 valence electrons. The molecule has 0 bridgehead atoms. The topological polar surface area (TPSA) is 53.7 Å². The lowest BCUT2D eigenvalue weighted by Gasteiger charge is -2.22. The molecule has 0 aromatic heterocycles. The van der Waals surface area contributed by atoms with E-state index in [1.54, 1.807) is 0 Å². The molecule has 0 saturated heterocycles. The summed E-state index contributed by atoms with van der Waals surface area (Å²) in [7, 11) is 0. The maximum atomic E-state index is 6.18. The lowest BCUT2D eigenvalue weighted by Crippen LogP contribution is -2.20. The molecular weight excluding hydrogens is 254 g/mol. The minimum absolute atomic E-state index is 0.104. The van der Waals surface area contributed by atoms with Gasteiger partial charge in [-0.15, -0.1) is 0 Å². The Hall–Kier alpha value is -1.26. The zero-order valence-corrected chi connectivity index (χ0v) is 11.8. The molecule has 1 unspecified atom stereocenters. The van der Waals surface area contributed by atoms with Crippen molar-refractivity contribution < 1.29 is 14.2 Å². The molecule has 1 aromatic carbocycles. The summed E-state index contributed by atoms with van der Waals surface area (Å²) < 4.78 is 16.5. The molecular formula is C16H23NO3. The molecule has 2 N–H and O–H groups in total. The van der Waals surface area contributed by atoms with Crippen LogP contribution in [-0.4, -0.2) is 20.0 Å². The molecule has 4 heteroatoms. The first-order valence-electron chi connectivity index (χ1n) is 7.56. The van der Waals surface area contributed by atoms with Gasteiger partial charge < -0.3 is 19.9 Å². The molecule has 1 aromatic rings. The van der Waals surface area contributed by atoms with Gasteiger partial charge >= 0.3 is 0 Å². The van der Waals surface area contributed by atoms with Crippen molar-refractivity contribution in [2.45, 2.75) is 38.1 Å². The standard InChI is InChI=1S/C16H23NO3/c17-14(10-18-9-12-4-2-1-3-5-12)13-6-7-15-16(8-13)20-11-19-15/h6-8,12,14H,1-5,9-11,17H2. The summed E-state index contributed by atoms with van der Waals surface area (Å²) in [5.41, 5.74) is 7.22. The summed E-state index contributed by atoms with van der Waals surface area (Å²) in [5, 5.41) is 0. The summed E-state index contributed by atoms with van der Waals surface area (Å²) in [6.45, 7) is 1.71. The highest BCUT2D eigenvalue weighted by Gasteiger charge is 2.17. The molecule has 1 fully saturated rings. The Kier molecular flexibility index (Phi) is 4.43. The molecule has 1 aliphatic heterocycles. The van der Waals surface area contributed by atoms with E-state index in [1.807, 2.05) is 18.2 Å². The van der Waals surface area contributed by atoms with Gasteiger partial charge in [-0.2, -0.15) is 0 Å². The highest BCUT2D eigenvalue weighted by molar-refractivity contribution is 5.45. The van der Waals surface area contributed by atoms with Crippen LogP contribution in [-0.2, 0) is 4.74 Å². The Balaban J connectivity index is 1.47. The van der Waals surface area contributed by atoms with Gasteiger partial charge in [-0.05, 0) is 36.5 Å². The van der Waals surface area contributed by atoms with E-state index in [9.17, 15) is 0 Å². The van der Waals surface area contributed by atoms with Crippen LogP contribution in [0.3, 0.4) is 0 Å². The summed E-state index contributed by atoms with van der Waals surface area (Å²) in [6, 6.07) is 5.76. The highest BCUT2D eigenvalue weighted by Crippen LogP contribution is 2.34. The number of fused-ring (bicyclic) bond motifs is 1. The first kappa shape index (κ1) is 13.7. The Labute approximate surface area is 120 Å².